The highest BCUT2D eigenvalue weighted by Gasteiger charge is 2.42. The van der Waals surface area contributed by atoms with Crippen molar-refractivity contribution >= 4 is 22.7 Å². The van der Waals surface area contributed by atoms with E-state index in [-0.39, 0.29) is 23.8 Å². The van der Waals surface area contributed by atoms with Gasteiger partial charge in [0.25, 0.3) is 0 Å². The fraction of sp³-hybridized carbons (Fsp3) is 0.548. The van der Waals surface area contributed by atoms with Gasteiger partial charge in [0, 0.05) is 37.9 Å². The fourth-order valence-electron chi connectivity index (χ4n) is 6.35. The van der Waals surface area contributed by atoms with Gasteiger partial charge in [-0.1, -0.05) is 12.1 Å². The van der Waals surface area contributed by atoms with Crippen LogP contribution in [0.4, 0.5) is 0 Å². The molecule has 0 radical (unpaired) electrons. The van der Waals surface area contributed by atoms with Crippen LogP contribution >= 0.6 is 0 Å². The number of carbonyl (C=O) groups excluding carboxylic acids is 2. The first-order chi connectivity index (χ1) is 19.4. The number of nitrogens with one attached hydrogen (secondary N) is 1. The Hall–Kier alpha value is -3.30. The molecule has 0 bridgehead atoms. The molecule has 0 aliphatic carbocycles. The third-order valence-electron chi connectivity index (χ3n) is 8.56. The van der Waals surface area contributed by atoms with Crippen molar-refractivity contribution in [1.82, 2.24) is 34.8 Å². The van der Waals surface area contributed by atoms with Crippen LogP contribution in [0.25, 0.3) is 10.9 Å². The van der Waals surface area contributed by atoms with Gasteiger partial charge in [-0.25, -0.2) is 0 Å². The monoisotopic (exact) mass is 545 g/mol. The molecule has 2 aliphatic heterocycles. The van der Waals surface area contributed by atoms with Crippen LogP contribution in [-0.4, -0.2) is 93.6 Å². The molecule has 0 spiro atoms. The van der Waals surface area contributed by atoms with Crippen molar-refractivity contribution < 1.29 is 9.59 Å². The number of likely N-dealkylation sites (tertiary alicyclic amines) is 2. The van der Waals surface area contributed by atoms with Gasteiger partial charge in [0.2, 0.25) is 11.8 Å². The van der Waals surface area contributed by atoms with Crippen LogP contribution in [0, 0.1) is 5.92 Å². The highest BCUT2D eigenvalue weighted by Crippen LogP contribution is 2.29. The molecule has 4 heterocycles. The van der Waals surface area contributed by atoms with Crippen molar-refractivity contribution in [3.8, 4) is 0 Å². The summed E-state index contributed by atoms with van der Waals surface area (Å²) in [5.41, 5.74) is 3.21. The predicted molar refractivity (Wildman–Crippen MR) is 156 cm³/mol. The van der Waals surface area contributed by atoms with E-state index in [1.807, 2.05) is 66.2 Å². The number of hydrogen-bond acceptors (Lipinski definition) is 6. The lowest BCUT2D eigenvalue weighted by molar-refractivity contribution is -0.142. The molecule has 1 aromatic carbocycles. The summed E-state index contributed by atoms with van der Waals surface area (Å²) < 4.78 is 1.84. The number of nitrogens with zero attached hydrogens (tertiary/aromatic N) is 6. The highest BCUT2D eigenvalue weighted by molar-refractivity contribution is 5.90. The van der Waals surface area contributed by atoms with Crippen LogP contribution in [0.3, 0.4) is 0 Å². The van der Waals surface area contributed by atoms with E-state index in [1.54, 1.807) is 6.20 Å². The van der Waals surface area contributed by atoms with Crippen LogP contribution in [0.5, 0.6) is 0 Å². The molecular formula is C31H43N7O2. The van der Waals surface area contributed by atoms with Gasteiger partial charge in [-0.05, 0) is 107 Å². The Labute approximate surface area is 237 Å². The van der Waals surface area contributed by atoms with Crippen molar-refractivity contribution in [3.63, 3.8) is 0 Å². The van der Waals surface area contributed by atoms with E-state index in [2.05, 4.69) is 32.4 Å². The topological polar surface area (TPSA) is 86.6 Å². The summed E-state index contributed by atoms with van der Waals surface area (Å²) in [6.07, 6.45) is 11.3. The van der Waals surface area contributed by atoms with Crippen molar-refractivity contribution in [1.29, 1.82) is 0 Å². The molecule has 0 saturated carbocycles. The van der Waals surface area contributed by atoms with Crippen molar-refractivity contribution in [2.75, 3.05) is 40.3 Å². The maximum atomic E-state index is 14.0. The van der Waals surface area contributed by atoms with Gasteiger partial charge in [-0.3, -0.25) is 24.2 Å². The Balaban J connectivity index is 1.27. The number of rotatable bonds is 11. The molecule has 1 N–H and O–H groups in total. The van der Waals surface area contributed by atoms with Crippen molar-refractivity contribution in [3.05, 3.63) is 60.0 Å². The maximum Gasteiger partial charge on any atom is 0.243 e. The van der Waals surface area contributed by atoms with Crippen LogP contribution in [0.1, 0.15) is 43.2 Å². The standard InChI is InChI=1S/C31H43N7O2/c1-35(2)28(9-7-15-37-13-4-5-14-37)31(40)38-22-25(16-23-8-6-12-32-19-23)18-29(38)30(39)33-20-24-10-11-27-26(17-24)21-34-36(27)3/h6,8,10-12,17,19,21,25,28-29H,4-5,7,9,13-16,18,20,22H2,1-3H3,(H,33,39). The molecule has 3 aromatic rings. The maximum absolute atomic E-state index is 14.0. The molecule has 2 aromatic heterocycles. The van der Waals surface area contributed by atoms with Crippen LogP contribution in [0.15, 0.2) is 48.9 Å². The first-order valence-electron chi connectivity index (χ1n) is 14.7. The summed E-state index contributed by atoms with van der Waals surface area (Å²) in [6.45, 7) is 4.37. The number of benzene rings is 1. The number of amides is 2. The predicted octanol–water partition coefficient (Wildman–Crippen LogP) is 2.85. The van der Waals surface area contributed by atoms with E-state index < -0.39 is 6.04 Å². The average molecular weight is 546 g/mol. The third-order valence-corrected chi connectivity index (χ3v) is 8.56. The number of pyridine rings is 1. The number of hydrogen-bond donors (Lipinski definition) is 1. The van der Waals surface area contributed by atoms with E-state index in [1.165, 1.54) is 25.9 Å². The van der Waals surface area contributed by atoms with E-state index in [0.717, 1.165) is 47.8 Å². The molecule has 2 saturated heterocycles. The van der Waals surface area contributed by atoms with Gasteiger partial charge >= 0.3 is 0 Å². The smallest absolute Gasteiger partial charge is 0.243 e. The molecule has 9 heteroatoms. The number of likely N-dealkylation sites (N-methyl/N-ethyl adjacent to an activating group) is 1. The minimum atomic E-state index is -0.475. The Morgan fingerprint density at radius 1 is 1.12 bits per heavy atom. The molecule has 9 nitrogen and oxygen atoms in total. The lowest BCUT2D eigenvalue weighted by atomic mass is 9.97. The fourth-order valence-corrected chi connectivity index (χ4v) is 6.35. The van der Waals surface area contributed by atoms with Gasteiger partial charge in [0.1, 0.15) is 6.04 Å². The zero-order valence-corrected chi connectivity index (χ0v) is 24.1. The Kier molecular flexibility index (Phi) is 9.11. The number of fused-ring (bicyclic) bond motifs is 1. The quantitative estimate of drug-likeness (QED) is 0.399. The van der Waals surface area contributed by atoms with Gasteiger partial charge in [-0.15, -0.1) is 0 Å². The normalized spacial score (nSPS) is 20.4. The minimum absolute atomic E-state index is 0.0667. The Bertz CT molecular complexity index is 1290. The summed E-state index contributed by atoms with van der Waals surface area (Å²) >= 11 is 0. The van der Waals surface area contributed by atoms with E-state index in [9.17, 15) is 9.59 Å². The zero-order valence-electron chi connectivity index (χ0n) is 24.1. The Morgan fingerprint density at radius 3 is 2.70 bits per heavy atom. The Morgan fingerprint density at radius 2 is 1.95 bits per heavy atom. The summed E-state index contributed by atoms with van der Waals surface area (Å²) in [6, 6.07) is 9.42. The summed E-state index contributed by atoms with van der Waals surface area (Å²) in [4.78, 5) is 38.3. The molecular weight excluding hydrogens is 502 g/mol. The van der Waals surface area contributed by atoms with Crippen LogP contribution in [0.2, 0.25) is 0 Å². The lowest BCUT2D eigenvalue weighted by Crippen LogP contribution is -2.52. The third kappa shape index (κ3) is 6.70. The molecule has 2 amide bonds. The second kappa shape index (κ2) is 12.9. The van der Waals surface area contributed by atoms with Gasteiger partial charge in [-0.2, -0.15) is 5.10 Å². The first kappa shape index (κ1) is 28.2. The van der Waals surface area contributed by atoms with E-state index >= 15 is 0 Å². The average Bonchev–Trinajstić information content (AvgIpc) is 3.71. The largest absolute Gasteiger partial charge is 0.350 e. The summed E-state index contributed by atoms with van der Waals surface area (Å²) in [5, 5.41) is 8.50. The minimum Gasteiger partial charge on any atom is -0.350 e. The molecule has 3 atom stereocenters. The van der Waals surface area contributed by atoms with Crippen LogP contribution < -0.4 is 5.32 Å². The molecule has 214 valence electrons. The first-order valence-corrected chi connectivity index (χ1v) is 14.7. The molecule has 5 rings (SSSR count). The molecule has 2 fully saturated rings. The van der Waals surface area contributed by atoms with Gasteiger partial charge in [0.05, 0.1) is 17.8 Å². The van der Waals surface area contributed by atoms with Crippen LogP contribution in [-0.2, 0) is 29.6 Å². The second-order valence-corrected chi connectivity index (χ2v) is 11.7. The summed E-state index contributed by atoms with van der Waals surface area (Å²) in [5.74, 6) is 0.197. The second-order valence-electron chi connectivity index (χ2n) is 11.7. The molecule has 2 aliphatic rings. The number of carbonyl (C=O) groups is 2. The number of aromatic nitrogens is 3. The highest BCUT2D eigenvalue weighted by atomic mass is 16.2. The van der Waals surface area contributed by atoms with E-state index in [4.69, 9.17) is 0 Å². The number of aryl methyl sites for hydroxylation is 1. The molecule has 40 heavy (non-hydrogen) atoms. The zero-order chi connectivity index (χ0) is 28.1. The SMILES string of the molecule is CN(C)C(CCCN1CCCC1)C(=O)N1CC(Cc2cccnc2)CC1C(=O)NCc1ccc2c(cnn2C)c1. The van der Waals surface area contributed by atoms with Gasteiger partial charge in [0.15, 0.2) is 0 Å². The van der Waals surface area contributed by atoms with Crippen molar-refractivity contribution in [2.24, 2.45) is 13.0 Å². The van der Waals surface area contributed by atoms with Gasteiger partial charge < -0.3 is 15.1 Å². The molecule has 3 unspecified atom stereocenters. The summed E-state index contributed by atoms with van der Waals surface area (Å²) in [7, 11) is 5.88. The van der Waals surface area contributed by atoms with Crippen molar-refractivity contribution in [2.45, 2.75) is 57.2 Å². The van der Waals surface area contributed by atoms with E-state index in [0.29, 0.717) is 19.5 Å². The lowest BCUT2D eigenvalue weighted by Gasteiger charge is -2.32.